The van der Waals surface area contributed by atoms with E-state index in [9.17, 15) is 0 Å². The Labute approximate surface area is 193 Å². The van der Waals surface area contributed by atoms with Crippen molar-refractivity contribution in [2.24, 2.45) is 17.3 Å². The fourth-order valence-electron chi connectivity index (χ4n) is 5.80. The van der Waals surface area contributed by atoms with Crippen molar-refractivity contribution in [3.05, 3.63) is 60.4 Å². The molecule has 3 aliphatic carbocycles. The lowest BCUT2D eigenvalue weighted by Gasteiger charge is -2.60. The molecule has 1 N–H and O–H groups in total. The van der Waals surface area contributed by atoms with Crippen LogP contribution in [0.15, 0.2) is 53.5 Å². The van der Waals surface area contributed by atoms with Gasteiger partial charge in [-0.15, -0.1) is 0 Å². The summed E-state index contributed by atoms with van der Waals surface area (Å²) in [6, 6.07) is 8.19. The second kappa shape index (κ2) is 8.17. The van der Waals surface area contributed by atoms with Gasteiger partial charge in [-0.2, -0.15) is 0 Å². The number of para-hydroxylation sites is 1. The van der Waals surface area contributed by atoms with Gasteiger partial charge in [-0.3, -0.25) is 14.7 Å². The maximum absolute atomic E-state index is 6.62. The SMILES string of the molecule is CC1(C)C2CC3OB(C(Cc4coc5ccccc45)NSCc4cnccn4)OC3C1C2. The lowest BCUT2D eigenvalue weighted by molar-refractivity contribution is -0.150. The van der Waals surface area contributed by atoms with Crippen molar-refractivity contribution < 1.29 is 13.7 Å². The van der Waals surface area contributed by atoms with E-state index in [1.165, 1.54) is 12.0 Å². The molecule has 1 aliphatic heterocycles. The van der Waals surface area contributed by atoms with Gasteiger partial charge in [-0.25, -0.2) is 0 Å². The third-order valence-corrected chi connectivity index (χ3v) is 8.74. The number of hydrogen-bond donors (Lipinski definition) is 1. The second-order valence-electron chi connectivity index (χ2n) is 9.91. The maximum Gasteiger partial charge on any atom is 0.477 e. The van der Waals surface area contributed by atoms with Gasteiger partial charge in [0.05, 0.1) is 35.9 Å². The molecule has 4 fully saturated rings. The van der Waals surface area contributed by atoms with Crippen molar-refractivity contribution in [1.82, 2.24) is 14.7 Å². The molecule has 3 aromatic rings. The number of hydrogen-bond acceptors (Lipinski definition) is 7. The molecular formula is C24H28BN3O3S. The van der Waals surface area contributed by atoms with Crippen LogP contribution in [0.2, 0.25) is 0 Å². The maximum atomic E-state index is 6.62. The van der Waals surface area contributed by atoms with E-state index in [0.717, 1.165) is 41.2 Å². The zero-order chi connectivity index (χ0) is 21.7. The quantitative estimate of drug-likeness (QED) is 0.422. The van der Waals surface area contributed by atoms with Crippen molar-refractivity contribution in [2.75, 3.05) is 0 Å². The monoisotopic (exact) mass is 449 g/mol. The first-order valence-corrected chi connectivity index (χ1v) is 12.5. The van der Waals surface area contributed by atoms with E-state index >= 15 is 0 Å². The summed E-state index contributed by atoms with van der Waals surface area (Å²) in [5.74, 6) is 2.09. The molecular weight excluding hydrogens is 421 g/mol. The number of furan rings is 1. The topological polar surface area (TPSA) is 69.4 Å². The standard InChI is InChI=1S/C24H28BN3O3S/c1-24(2)16-10-19(24)23-21(11-16)30-25(31-23)22(28-32-14-17-12-26-7-8-27-17)9-15-13-29-20-6-4-3-5-18(15)20/h3-8,12-13,16,19,21-23,28H,9-11,14H2,1-2H3. The molecule has 2 aromatic heterocycles. The van der Waals surface area contributed by atoms with E-state index in [1.807, 2.05) is 18.4 Å². The van der Waals surface area contributed by atoms with E-state index in [-0.39, 0.29) is 25.3 Å². The van der Waals surface area contributed by atoms with E-state index < -0.39 is 0 Å². The normalized spacial score (nSPS) is 29.0. The molecule has 166 valence electrons. The van der Waals surface area contributed by atoms with Crippen LogP contribution in [0.3, 0.4) is 0 Å². The molecule has 32 heavy (non-hydrogen) atoms. The fraction of sp³-hybridized carbons (Fsp3) is 0.500. The first kappa shape index (κ1) is 20.7. The smallest absolute Gasteiger partial charge is 0.464 e. The van der Waals surface area contributed by atoms with Gasteiger partial charge in [0.1, 0.15) is 5.58 Å². The Kier molecular flexibility index (Phi) is 5.29. The number of fused-ring (bicyclic) bond motifs is 1. The van der Waals surface area contributed by atoms with Gasteiger partial charge in [0.15, 0.2) is 0 Å². The van der Waals surface area contributed by atoms with Gasteiger partial charge in [0.2, 0.25) is 0 Å². The Balaban J connectivity index is 1.20. The molecule has 0 radical (unpaired) electrons. The third kappa shape index (κ3) is 3.57. The minimum absolute atomic E-state index is 0.00332. The molecule has 7 rings (SSSR count). The highest BCUT2D eigenvalue weighted by Crippen LogP contribution is 2.61. The van der Waals surface area contributed by atoms with Crippen molar-refractivity contribution in [1.29, 1.82) is 0 Å². The van der Waals surface area contributed by atoms with Gasteiger partial charge in [-0.05, 0) is 48.1 Å². The van der Waals surface area contributed by atoms with E-state index in [2.05, 4.69) is 40.7 Å². The summed E-state index contributed by atoms with van der Waals surface area (Å²) in [7, 11) is -0.275. The summed E-state index contributed by atoms with van der Waals surface area (Å²) < 4.78 is 22.6. The predicted molar refractivity (Wildman–Crippen MR) is 126 cm³/mol. The van der Waals surface area contributed by atoms with Gasteiger partial charge >= 0.3 is 7.12 Å². The average Bonchev–Trinajstić information content (AvgIpc) is 3.43. The predicted octanol–water partition coefficient (Wildman–Crippen LogP) is 4.45. The van der Waals surface area contributed by atoms with E-state index in [0.29, 0.717) is 11.3 Å². The average molecular weight is 449 g/mol. The third-order valence-electron chi connectivity index (χ3n) is 7.83. The Hall–Kier alpha value is -1.87. The van der Waals surface area contributed by atoms with Gasteiger partial charge in [-0.1, -0.05) is 44.0 Å². The highest BCUT2D eigenvalue weighted by atomic mass is 32.2. The summed E-state index contributed by atoms with van der Waals surface area (Å²) in [6.07, 6.45) is 10.7. The van der Waals surface area contributed by atoms with Crippen LogP contribution in [0.25, 0.3) is 11.0 Å². The van der Waals surface area contributed by atoms with Gasteiger partial charge in [0, 0.05) is 24.0 Å². The highest BCUT2D eigenvalue weighted by molar-refractivity contribution is 7.96. The van der Waals surface area contributed by atoms with Crippen LogP contribution < -0.4 is 4.72 Å². The molecule has 5 unspecified atom stereocenters. The van der Waals surface area contributed by atoms with Crippen molar-refractivity contribution in [3.8, 4) is 0 Å². The van der Waals surface area contributed by atoms with Crippen LogP contribution in [-0.2, 0) is 21.5 Å². The first-order chi connectivity index (χ1) is 15.6. The number of rotatable bonds is 7. The van der Waals surface area contributed by atoms with Crippen molar-refractivity contribution in [3.63, 3.8) is 0 Å². The van der Waals surface area contributed by atoms with Crippen molar-refractivity contribution in [2.45, 2.75) is 57.0 Å². The second-order valence-corrected chi connectivity index (χ2v) is 10.7. The van der Waals surface area contributed by atoms with Crippen LogP contribution in [0.4, 0.5) is 0 Å². The molecule has 8 heteroatoms. The molecule has 6 nitrogen and oxygen atoms in total. The molecule has 1 aromatic carbocycles. The van der Waals surface area contributed by atoms with Crippen LogP contribution in [0.1, 0.15) is 37.9 Å². The molecule has 3 heterocycles. The Morgan fingerprint density at radius 3 is 2.97 bits per heavy atom. The van der Waals surface area contributed by atoms with Crippen LogP contribution >= 0.6 is 11.9 Å². The van der Waals surface area contributed by atoms with Crippen LogP contribution in [0.5, 0.6) is 0 Å². The molecule has 4 aliphatic rings. The summed E-state index contributed by atoms with van der Waals surface area (Å²) in [5, 5.41) is 1.15. The summed E-state index contributed by atoms with van der Waals surface area (Å²) in [5.41, 5.74) is 3.40. The Morgan fingerprint density at radius 1 is 1.22 bits per heavy atom. The van der Waals surface area contributed by atoms with Gasteiger partial charge < -0.3 is 13.7 Å². The highest BCUT2D eigenvalue weighted by Gasteiger charge is 2.62. The molecule has 0 amide bonds. The Morgan fingerprint density at radius 2 is 2.12 bits per heavy atom. The summed E-state index contributed by atoms with van der Waals surface area (Å²) in [4.78, 5) is 8.54. The molecule has 3 saturated carbocycles. The van der Waals surface area contributed by atoms with Gasteiger partial charge in [0.25, 0.3) is 0 Å². The van der Waals surface area contributed by atoms with Crippen LogP contribution in [0, 0.1) is 17.3 Å². The largest absolute Gasteiger partial charge is 0.477 e. The number of benzene rings is 1. The van der Waals surface area contributed by atoms with Crippen LogP contribution in [-0.4, -0.2) is 35.2 Å². The van der Waals surface area contributed by atoms with E-state index in [1.54, 1.807) is 30.5 Å². The molecule has 1 saturated heterocycles. The summed E-state index contributed by atoms with van der Waals surface area (Å²) >= 11 is 1.63. The summed E-state index contributed by atoms with van der Waals surface area (Å²) in [6.45, 7) is 4.78. The van der Waals surface area contributed by atoms with E-state index in [4.69, 9.17) is 13.7 Å². The number of nitrogens with zero attached hydrogens (tertiary/aromatic N) is 2. The lowest BCUT2D eigenvalue weighted by atomic mass is 9.47. The molecule has 2 bridgehead atoms. The number of aromatic nitrogens is 2. The zero-order valence-corrected chi connectivity index (χ0v) is 19.3. The fourth-order valence-corrected chi connectivity index (χ4v) is 6.59. The first-order valence-electron chi connectivity index (χ1n) is 11.5. The molecule has 5 atom stereocenters. The zero-order valence-electron chi connectivity index (χ0n) is 18.4. The molecule has 0 spiro atoms. The Bertz CT molecular complexity index is 1090. The minimum atomic E-state index is -0.275. The minimum Gasteiger partial charge on any atom is -0.464 e. The van der Waals surface area contributed by atoms with Crippen molar-refractivity contribution >= 4 is 30.0 Å². The lowest BCUT2D eigenvalue weighted by Crippen LogP contribution is -2.59. The number of nitrogens with one attached hydrogen (secondary N) is 1.